The van der Waals surface area contributed by atoms with Crippen molar-refractivity contribution in [2.24, 2.45) is 10.9 Å². The van der Waals surface area contributed by atoms with Crippen molar-refractivity contribution < 1.29 is 10.1 Å². The zero-order valence-corrected chi connectivity index (χ0v) is 31.0. The van der Waals surface area contributed by atoms with Gasteiger partial charge in [0.05, 0.1) is 39.6 Å². The molecule has 0 fully saturated rings. The number of ether oxygens (including phenoxy) is 1. The number of hydrogen-bond donors (Lipinski definition) is 1. The monoisotopic (exact) mass is 733 g/mol. The van der Waals surface area contributed by atoms with Gasteiger partial charge in [-0.15, -0.1) is 0 Å². The molecule has 270 valence electrons. The summed E-state index contributed by atoms with van der Waals surface area (Å²) in [5.41, 5.74) is 17.5. The summed E-state index contributed by atoms with van der Waals surface area (Å²) in [6, 6.07) is 53.5. The Labute approximate surface area is 330 Å². The van der Waals surface area contributed by atoms with E-state index in [1.807, 2.05) is 0 Å². The van der Waals surface area contributed by atoms with Crippen LogP contribution in [0.15, 0.2) is 181 Å². The SMILES string of the molecule is C1=CC2Oc3cccc4c3C(=NC(c3ccc(-n5c6c(c7ccccc75)C5c7c(n(-c8ccccc8)c8ccccc78)-c7ccccc7C5C=C6)cc3)[NH2+]4)C2C=C1. The lowest BCUT2D eigenvalue weighted by Crippen LogP contribution is -2.81. The fourth-order valence-corrected chi connectivity index (χ4v) is 10.7. The Morgan fingerprint density at radius 3 is 2.16 bits per heavy atom. The van der Waals surface area contributed by atoms with Crippen LogP contribution in [-0.4, -0.2) is 20.9 Å². The minimum Gasteiger partial charge on any atom is -0.484 e. The van der Waals surface area contributed by atoms with Gasteiger partial charge < -0.3 is 13.9 Å². The Bertz CT molecular complexity index is 3100. The van der Waals surface area contributed by atoms with Gasteiger partial charge in [-0.3, -0.25) is 5.32 Å². The number of aromatic nitrogens is 2. The van der Waals surface area contributed by atoms with Crippen molar-refractivity contribution in [2.75, 3.05) is 0 Å². The number of hydrogen-bond acceptors (Lipinski definition) is 2. The van der Waals surface area contributed by atoms with Crippen molar-refractivity contribution in [2.45, 2.75) is 24.1 Å². The van der Waals surface area contributed by atoms with Crippen molar-refractivity contribution >= 4 is 39.3 Å². The Balaban J connectivity index is 0.976. The van der Waals surface area contributed by atoms with Gasteiger partial charge in [-0.2, -0.15) is 0 Å². The minimum atomic E-state index is -0.0755. The molecule has 0 saturated carbocycles. The highest BCUT2D eigenvalue weighted by Crippen LogP contribution is 2.58. The largest absolute Gasteiger partial charge is 0.484 e. The van der Waals surface area contributed by atoms with Crippen LogP contribution in [0.3, 0.4) is 0 Å². The summed E-state index contributed by atoms with van der Waals surface area (Å²) in [5, 5.41) is 4.92. The topological polar surface area (TPSA) is 48.1 Å². The molecule has 5 atom stereocenters. The van der Waals surface area contributed by atoms with E-state index >= 15 is 0 Å². The number of nitrogens with zero attached hydrogens (tertiary/aromatic N) is 3. The average molecular weight is 734 g/mol. The van der Waals surface area contributed by atoms with Crippen molar-refractivity contribution in [3.63, 3.8) is 0 Å². The zero-order chi connectivity index (χ0) is 37.2. The van der Waals surface area contributed by atoms with Crippen LogP contribution in [0.4, 0.5) is 5.69 Å². The van der Waals surface area contributed by atoms with Crippen LogP contribution in [-0.2, 0) is 0 Å². The molecule has 0 saturated heterocycles. The van der Waals surface area contributed by atoms with E-state index in [0.717, 1.165) is 22.7 Å². The highest BCUT2D eigenvalue weighted by atomic mass is 16.5. The fourth-order valence-electron chi connectivity index (χ4n) is 10.7. The molecule has 5 unspecified atom stereocenters. The first kappa shape index (κ1) is 31.3. The molecule has 2 N–H and O–H groups in total. The summed E-state index contributed by atoms with van der Waals surface area (Å²) in [5.74, 6) is 1.39. The van der Waals surface area contributed by atoms with Gasteiger partial charge >= 0.3 is 0 Å². The van der Waals surface area contributed by atoms with Crippen LogP contribution in [0.1, 0.15) is 51.5 Å². The number of nitrogens with two attached hydrogens (primary N) is 1. The molecule has 0 amide bonds. The van der Waals surface area contributed by atoms with Crippen molar-refractivity contribution in [3.8, 4) is 28.4 Å². The average Bonchev–Trinajstić information content (AvgIpc) is 3.81. The highest BCUT2D eigenvalue weighted by Gasteiger charge is 2.43. The van der Waals surface area contributed by atoms with Gasteiger partial charge in [-0.05, 0) is 83.4 Å². The summed E-state index contributed by atoms with van der Waals surface area (Å²) >= 11 is 0. The molecular formula is C52H37N4O+. The van der Waals surface area contributed by atoms with Gasteiger partial charge in [-0.1, -0.05) is 109 Å². The third-order valence-corrected chi connectivity index (χ3v) is 13.0. The standard InChI is InChI=1S/C52H36N4O/c1-2-13-32(14-3-1)56-42-22-10-7-18-38(42)48-47-35(34-15-4-5-16-36(34)51(48)56)29-30-43-46(47)37-17-6-9-21-41(37)55(43)33-27-25-31(26-28-33)52-53-40-20-12-24-45-49(40)50(54-52)39-19-8-11-23-44(39)57-45/h1-30,35,39,44,47,52-53H/p+1. The molecule has 57 heavy (non-hydrogen) atoms. The normalized spacial score (nSPS) is 21.8. The summed E-state index contributed by atoms with van der Waals surface area (Å²) in [4.78, 5) is 5.43. The minimum absolute atomic E-state index is 0.0258. The molecular weight excluding hydrogens is 697 g/mol. The molecule has 5 nitrogen and oxygen atoms in total. The smallest absolute Gasteiger partial charge is 0.210 e. The molecule has 2 aliphatic heterocycles. The molecule has 8 aromatic rings. The first-order chi connectivity index (χ1) is 28.3. The fraction of sp³-hybridized carbons (Fsp3) is 0.0962. The van der Waals surface area contributed by atoms with Gasteiger partial charge in [0.2, 0.25) is 6.17 Å². The number of quaternary nitrogens is 1. The Morgan fingerprint density at radius 2 is 1.30 bits per heavy atom. The number of benzene rings is 6. The summed E-state index contributed by atoms with van der Waals surface area (Å²) in [6.07, 6.45) is 13.4. The van der Waals surface area contributed by atoms with E-state index in [0.29, 0.717) is 0 Å². The molecule has 5 aliphatic rings. The van der Waals surface area contributed by atoms with E-state index in [-0.39, 0.29) is 30.0 Å². The maximum atomic E-state index is 6.43. The lowest BCUT2D eigenvalue weighted by molar-refractivity contribution is -0.618. The summed E-state index contributed by atoms with van der Waals surface area (Å²) in [7, 11) is 0. The summed E-state index contributed by atoms with van der Waals surface area (Å²) in [6.45, 7) is 0. The van der Waals surface area contributed by atoms with Crippen LogP contribution in [0, 0.1) is 5.92 Å². The Morgan fingerprint density at radius 1 is 0.579 bits per heavy atom. The number of fused-ring (bicyclic) bond motifs is 14. The second kappa shape index (κ2) is 11.8. The maximum Gasteiger partial charge on any atom is 0.210 e. The van der Waals surface area contributed by atoms with E-state index < -0.39 is 0 Å². The number of aliphatic imine (C=N–C) groups is 1. The molecule has 5 heteroatoms. The van der Waals surface area contributed by atoms with Crippen molar-refractivity contribution in [1.29, 1.82) is 0 Å². The third kappa shape index (κ3) is 4.35. The molecule has 2 aromatic heterocycles. The number of para-hydroxylation sites is 3. The Hall–Kier alpha value is -6.95. The molecule has 4 heterocycles. The van der Waals surface area contributed by atoms with Crippen LogP contribution in [0.2, 0.25) is 0 Å². The quantitative estimate of drug-likeness (QED) is 0.181. The predicted molar refractivity (Wildman–Crippen MR) is 229 cm³/mol. The molecule has 13 rings (SSSR count). The van der Waals surface area contributed by atoms with Crippen molar-refractivity contribution in [1.82, 2.24) is 9.13 Å². The molecule has 0 spiro atoms. The summed E-state index contributed by atoms with van der Waals surface area (Å²) < 4.78 is 11.4. The van der Waals surface area contributed by atoms with Gasteiger partial charge in [-0.25, -0.2) is 4.99 Å². The first-order valence-corrected chi connectivity index (χ1v) is 20.1. The lowest BCUT2D eigenvalue weighted by atomic mass is 9.67. The van der Waals surface area contributed by atoms with Crippen LogP contribution in [0.25, 0.3) is 50.5 Å². The van der Waals surface area contributed by atoms with E-state index in [1.54, 1.807) is 0 Å². The first-order valence-electron chi connectivity index (χ1n) is 20.1. The van der Waals surface area contributed by atoms with Crippen molar-refractivity contribution in [3.05, 3.63) is 209 Å². The van der Waals surface area contributed by atoms with Gasteiger partial charge in [0.15, 0.2) is 0 Å². The van der Waals surface area contributed by atoms with Crippen LogP contribution >= 0.6 is 0 Å². The number of rotatable bonds is 3. The second-order valence-corrected chi connectivity index (χ2v) is 15.9. The molecule has 6 aromatic carbocycles. The van der Waals surface area contributed by atoms with Crippen LogP contribution < -0.4 is 10.1 Å². The van der Waals surface area contributed by atoms with E-state index in [9.17, 15) is 0 Å². The number of allylic oxidation sites excluding steroid dienone is 3. The lowest BCUT2D eigenvalue weighted by Gasteiger charge is -2.36. The van der Waals surface area contributed by atoms with E-state index in [4.69, 9.17) is 9.73 Å². The van der Waals surface area contributed by atoms with E-state index in [1.165, 1.54) is 72.4 Å². The van der Waals surface area contributed by atoms with Crippen LogP contribution in [0.5, 0.6) is 5.75 Å². The molecule has 3 aliphatic carbocycles. The maximum absolute atomic E-state index is 6.43. The van der Waals surface area contributed by atoms with Gasteiger partial charge in [0.1, 0.15) is 17.5 Å². The molecule has 0 radical (unpaired) electrons. The Kier molecular flexibility index (Phi) is 6.46. The van der Waals surface area contributed by atoms with E-state index in [2.05, 4.69) is 196 Å². The zero-order valence-electron chi connectivity index (χ0n) is 31.0. The third-order valence-electron chi connectivity index (χ3n) is 13.0. The van der Waals surface area contributed by atoms with Gasteiger partial charge in [0, 0.05) is 51.2 Å². The second-order valence-electron chi connectivity index (χ2n) is 15.9. The predicted octanol–water partition coefficient (Wildman–Crippen LogP) is 10.7. The molecule has 0 bridgehead atoms. The highest BCUT2D eigenvalue weighted by molar-refractivity contribution is 6.10. The van der Waals surface area contributed by atoms with Gasteiger partial charge in [0.25, 0.3) is 0 Å².